The van der Waals surface area contributed by atoms with Crippen molar-refractivity contribution < 1.29 is 19.2 Å². The number of hydrogen-bond donors (Lipinski definition) is 2. The van der Waals surface area contributed by atoms with Crippen LogP contribution in [0.5, 0.6) is 5.75 Å². The van der Waals surface area contributed by atoms with Gasteiger partial charge < -0.3 is 14.5 Å². The first-order valence-corrected chi connectivity index (χ1v) is 5.87. The Morgan fingerprint density at radius 3 is 3.11 bits per heavy atom. The number of ether oxygens (including phenoxy) is 1. The molecule has 19 heavy (non-hydrogen) atoms. The first-order chi connectivity index (χ1) is 9.11. The van der Waals surface area contributed by atoms with Gasteiger partial charge in [-0.1, -0.05) is 17.2 Å². The number of hydrazine groups is 1. The number of nitrogens with two attached hydrogens (primary N) is 1. The second kappa shape index (κ2) is 5.87. The van der Waals surface area contributed by atoms with Crippen molar-refractivity contribution in [1.82, 2.24) is 5.59 Å². The smallest absolute Gasteiger partial charge is 0.328 e. The molecule has 1 aliphatic heterocycles. The lowest BCUT2D eigenvalue weighted by atomic mass is 10.2. The molecule has 0 radical (unpaired) electrons. The van der Waals surface area contributed by atoms with E-state index < -0.39 is 5.97 Å². The first-order valence-electron chi connectivity index (χ1n) is 5.50. The average Bonchev–Trinajstić information content (AvgIpc) is 2.38. The number of anilines is 1. The Hall–Kier alpha value is -1.83. The minimum absolute atomic E-state index is 0.00188. The molecule has 0 unspecified atom stereocenters. The normalized spacial score (nSPS) is 13.8. The molecule has 102 valence electrons. The van der Waals surface area contributed by atoms with E-state index in [2.05, 4.69) is 4.84 Å². The molecule has 0 spiro atoms. The summed E-state index contributed by atoms with van der Waals surface area (Å²) in [5, 5.41) is 0.480. The first kappa shape index (κ1) is 13.6. The molecule has 1 heterocycles. The van der Waals surface area contributed by atoms with Gasteiger partial charge in [0.25, 0.3) is 5.91 Å². The Bertz CT molecular complexity index is 509. The summed E-state index contributed by atoms with van der Waals surface area (Å²) >= 11 is 5.89. The number of carbonyl (C=O) groups excluding carboxylic acids is 2. The van der Waals surface area contributed by atoms with E-state index in [0.717, 1.165) is 0 Å². The highest BCUT2D eigenvalue weighted by molar-refractivity contribution is 6.31. The minimum Gasteiger partial charge on any atom is -0.482 e. The van der Waals surface area contributed by atoms with Crippen molar-refractivity contribution in [2.75, 3.05) is 18.1 Å². The molecule has 8 heteroatoms. The van der Waals surface area contributed by atoms with Crippen molar-refractivity contribution >= 4 is 29.2 Å². The van der Waals surface area contributed by atoms with Crippen molar-refractivity contribution in [1.29, 1.82) is 0 Å². The van der Waals surface area contributed by atoms with Crippen LogP contribution in [0.15, 0.2) is 18.2 Å². The molecule has 3 N–H and O–H groups in total. The summed E-state index contributed by atoms with van der Waals surface area (Å²) in [7, 11) is 0. The molecule has 0 bridgehead atoms. The molecule has 2 rings (SSSR count). The summed E-state index contributed by atoms with van der Waals surface area (Å²) in [5.41, 5.74) is 2.34. The van der Waals surface area contributed by atoms with Crippen LogP contribution in [0.3, 0.4) is 0 Å². The third kappa shape index (κ3) is 3.14. The maximum atomic E-state index is 11.8. The minimum atomic E-state index is -0.564. The number of nitrogens with one attached hydrogen (secondary N) is 1. The Morgan fingerprint density at radius 1 is 1.58 bits per heavy atom. The molecule has 1 aromatic carbocycles. The summed E-state index contributed by atoms with van der Waals surface area (Å²) in [6.07, 6.45) is 0.00188. The number of halogens is 1. The number of carbonyl (C=O) groups is 2. The number of amides is 1. The van der Waals surface area contributed by atoms with Gasteiger partial charge in [-0.05, 0) is 18.2 Å². The van der Waals surface area contributed by atoms with E-state index in [9.17, 15) is 9.59 Å². The molecule has 0 aliphatic carbocycles. The lowest BCUT2D eigenvalue weighted by molar-refractivity contribution is -0.151. The fraction of sp³-hybridized carbons (Fsp3) is 0.273. The lowest BCUT2D eigenvalue weighted by Crippen LogP contribution is -2.40. The van der Waals surface area contributed by atoms with E-state index in [0.29, 0.717) is 16.5 Å². The quantitative estimate of drug-likeness (QED) is 0.613. The van der Waals surface area contributed by atoms with Gasteiger partial charge in [0, 0.05) is 11.6 Å². The predicted octanol–water partition coefficient (Wildman–Crippen LogP) is 0.377. The van der Waals surface area contributed by atoms with Crippen LogP contribution in [0, 0.1) is 0 Å². The Balaban J connectivity index is 2.14. The highest BCUT2D eigenvalue weighted by Crippen LogP contribution is 2.34. The Kier molecular flexibility index (Phi) is 4.20. The van der Waals surface area contributed by atoms with Crippen LogP contribution < -0.4 is 21.1 Å². The SMILES string of the molecule is NNOC(=O)CCN1C(=O)COc2ccc(Cl)cc21. The van der Waals surface area contributed by atoms with Crippen LogP contribution in [-0.4, -0.2) is 25.0 Å². The Morgan fingerprint density at radius 2 is 2.37 bits per heavy atom. The highest BCUT2D eigenvalue weighted by Gasteiger charge is 2.26. The maximum Gasteiger partial charge on any atom is 0.328 e. The van der Waals surface area contributed by atoms with E-state index in [-0.39, 0.29) is 25.5 Å². The molecule has 0 saturated heterocycles. The van der Waals surface area contributed by atoms with Crippen LogP contribution >= 0.6 is 11.6 Å². The summed E-state index contributed by atoms with van der Waals surface area (Å²) in [5.74, 6) is 4.59. The second-order valence-electron chi connectivity index (χ2n) is 3.79. The zero-order valence-corrected chi connectivity index (χ0v) is 10.6. The van der Waals surface area contributed by atoms with Gasteiger partial charge in [0.15, 0.2) is 6.61 Å². The van der Waals surface area contributed by atoms with Crippen LogP contribution in [0.2, 0.25) is 5.02 Å². The predicted molar refractivity (Wildman–Crippen MR) is 67.3 cm³/mol. The Labute approximate surface area is 114 Å². The summed E-state index contributed by atoms with van der Waals surface area (Å²) in [4.78, 5) is 28.8. The number of benzene rings is 1. The van der Waals surface area contributed by atoms with Crippen molar-refractivity contribution in [2.24, 2.45) is 5.84 Å². The average molecular weight is 286 g/mol. The monoisotopic (exact) mass is 285 g/mol. The second-order valence-corrected chi connectivity index (χ2v) is 4.22. The summed E-state index contributed by atoms with van der Waals surface area (Å²) in [6.45, 7) is 0.0921. The zero-order chi connectivity index (χ0) is 13.8. The summed E-state index contributed by atoms with van der Waals surface area (Å²) in [6, 6.07) is 4.96. The molecule has 0 atom stereocenters. The van der Waals surface area contributed by atoms with E-state index in [1.807, 2.05) is 0 Å². The van der Waals surface area contributed by atoms with E-state index in [1.165, 1.54) is 4.90 Å². The molecule has 0 fully saturated rings. The lowest BCUT2D eigenvalue weighted by Gasteiger charge is -2.29. The van der Waals surface area contributed by atoms with Crippen molar-refractivity contribution in [3.8, 4) is 5.75 Å². The van der Waals surface area contributed by atoms with E-state index in [1.54, 1.807) is 23.8 Å². The molecule has 1 aromatic rings. The molecule has 0 aromatic heterocycles. The molecule has 1 aliphatic rings. The third-order valence-electron chi connectivity index (χ3n) is 2.58. The van der Waals surface area contributed by atoms with Crippen LogP contribution in [0.1, 0.15) is 6.42 Å². The highest BCUT2D eigenvalue weighted by atomic mass is 35.5. The van der Waals surface area contributed by atoms with Gasteiger partial charge in [0.05, 0.1) is 12.1 Å². The maximum absolute atomic E-state index is 11.8. The molecule has 1 amide bonds. The molecule has 0 saturated carbocycles. The van der Waals surface area contributed by atoms with Crippen molar-refractivity contribution in [3.63, 3.8) is 0 Å². The van der Waals surface area contributed by atoms with Gasteiger partial charge in [0.2, 0.25) is 0 Å². The van der Waals surface area contributed by atoms with Gasteiger partial charge >= 0.3 is 5.97 Å². The number of nitrogens with zero attached hydrogens (tertiary/aromatic N) is 1. The topological polar surface area (TPSA) is 93.9 Å². The third-order valence-corrected chi connectivity index (χ3v) is 2.81. The fourth-order valence-electron chi connectivity index (χ4n) is 1.74. The molecule has 7 nitrogen and oxygen atoms in total. The number of hydrogen-bond acceptors (Lipinski definition) is 6. The van der Waals surface area contributed by atoms with Crippen LogP contribution in [0.4, 0.5) is 5.69 Å². The van der Waals surface area contributed by atoms with Crippen molar-refractivity contribution in [2.45, 2.75) is 6.42 Å². The summed E-state index contributed by atoms with van der Waals surface area (Å²) < 4.78 is 5.28. The van der Waals surface area contributed by atoms with Gasteiger partial charge in [-0.3, -0.25) is 9.59 Å². The number of rotatable bonds is 4. The van der Waals surface area contributed by atoms with E-state index in [4.69, 9.17) is 22.2 Å². The zero-order valence-electron chi connectivity index (χ0n) is 9.89. The molecular weight excluding hydrogens is 274 g/mol. The fourth-order valence-corrected chi connectivity index (χ4v) is 1.91. The standard InChI is InChI=1S/C11H12ClN3O4/c12-7-1-2-9-8(5-7)15(10(16)6-18-9)4-3-11(17)19-14-13/h1-2,5,14H,3-4,6,13H2. The van der Waals surface area contributed by atoms with Gasteiger partial charge in [-0.2, -0.15) is 0 Å². The molecular formula is C11H12ClN3O4. The largest absolute Gasteiger partial charge is 0.482 e. The van der Waals surface area contributed by atoms with Crippen molar-refractivity contribution in [3.05, 3.63) is 23.2 Å². The van der Waals surface area contributed by atoms with Gasteiger partial charge in [-0.15, -0.1) is 0 Å². The van der Waals surface area contributed by atoms with Gasteiger partial charge in [0.1, 0.15) is 5.75 Å². The van der Waals surface area contributed by atoms with E-state index >= 15 is 0 Å². The number of fused-ring (bicyclic) bond motifs is 1. The van der Waals surface area contributed by atoms with Gasteiger partial charge in [-0.25, -0.2) is 5.84 Å². The van der Waals surface area contributed by atoms with Crippen LogP contribution in [-0.2, 0) is 14.4 Å². The van der Waals surface area contributed by atoms with Crippen LogP contribution in [0.25, 0.3) is 0 Å².